The van der Waals surface area contributed by atoms with Crippen LogP contribution in [-0.4, -0.2) is 86.5 Å². The van der Waals surface area contributed by atoms with E-state index in [-0.39, 0.29) is 31.9 Å². The van der Waals surface area contributed by atoms with Crippen LogP contribution < -0.4 is 0 Å². The summed E-state index contributed by atoms with van der Waals surface area (Å²) in [5.41, 5.74) is 0. The van der Waals surface area contributed by atoms with Crippen molar-refractivity contribution in [3.8, 4) is 0 Å². The van der Waals surface area contributed by atoms with Crippen LogP contribution in [0.25, 0.3) is 0 Å². The van der Waals surface area contributed by atoms with E-state index >= 15 is 0 Å². The Balaban J connectivity index is 4.15. The summed E-state index contributed by atoms with van der Waals surface area (Å²) in [4.78, 5) is 14.4. The first-order valence-corrected chi connectivity index (χ1v) is 23.3. The Labute approximate surface area is 335 Å². The monoisotopic (exact) mass is 766 g/mol. The van der Waals surface area contributed by atoms with Gasteiger partial charge in [-0.2, -0.15) is 0 Å². The third-order valence-corrected chi connectivity index (χ3v) is 10.2. The Kier molecular flexibility index (Phi) is 45.1. The van der Waals surface area contributed by atoms with Crippen molar-refractivity contribution in [1.29, 1.82) is 0 Å². The molecule has 0 radical (unpaired) electrons. The number of hydrogen-bond donors (Lipinski definition) is 2. The van der Waals surface area contributed by atoms with E-state index in [1.165, 1.54) is 161 Å². The van der Waals surface area contributed by atoms with Gasteiger partial charge in [0, 0.05) is 32.7 Å². The average molecular weight is 766 g/mol. The molecule has 0 rings (SSSR count). The molecule has 0 bridgehead atoms. The highest BCUT2D eigenvalue weighted by molar-refractivity contribution is 5.69. The fourth-order valence-corrected chi connectivity index (χ4v) is 6.73. The van der Waals surface area contributed by atoms with E-state index in [4.69, 9.17) is 14.2 Å². The van der Waals surface area contributed by atoms with Gasteiger partial charge >= 0.3 is 5.97 Å². The lowest BCUT2D eigenvalue weighted by Crippen LogP contribution is -2.31. The van der Waals surface area contributed by atoms with Gasteiger partial charge in [0.05, 0.1) is 19.8 Å². The lowest BCUT2D eigenvalue weighted by molar-refractivity contribution is -0.150. The Bertz CT molecular complexity index is 784. The number of allylic oxidation sites excluding steroid dienone is 4. The quantitative estimate of drug-likeness (QED) is 0.0362. The Morgan fingerprint density at radius 1 is 0.500 bits per heavy atom. The SMILES string of the molecule is CCCCCCCCC=CCCCCCCCCOCC(COC(=O)CCCN(CCO)CCO)OCCCCCCCCC=CCCCCCCCC. The van der Waals surface area contributed by atoms with Crippen LogP contribution in [0.1, 0.15) is 206 Å². The van der Waals surface area contributed by atoms with Crippen molar-refractivity contribution >= 4 is 5.97 Å². The van der Waals surface area contributed by atoms with Crippen molar-refractivity contribution in [3.63, 3.8) is 0 Å². The second-order valence-corrected chi connectivity index (χ2v) is 15.5. The predicted molar refractivity (Wildman–Crippen MR) is 230 cm³/mol. The third kappa shape index (κ3) is 41.9. The smallest absolute Gasteiger partial charge is 0.305 e. The van der Waals surface area contributed by atoms with E-state index in [1.807, 2.05) is 4.90 Å². The highest BCUT2D eigenvalue weighted by atomic mass is 16.6. The highest BCUT2D eigenvalue weighted by Crippen LogP contribution is 2.13. The Morgan fingerprint density at radius 3 is 1.35 bits per heavy atom. The molecule has 7 heteroatoms. The maximum Gasteiger partial charge on any atom is 0.305 e. The van der Waals surface area contributed by atoms with Crippen molar-refractivity contribution in [2.75, 3.05) is 59.3 Å². The molecule has 0 aliphatic carbocycles. The van der Waals surface area contributed by atoms with Gasteiger partial charge in [-0.1, -0.05) is 154 Å². The van der Waals surface area contributed by atoms with Gasteiger partial charge in [-0.25, -0.2) is 0 Å². The number of esters is 1. The summed E-state index contributed by atoms with van der Waals surface area (Å²) >= 11 is 0. The summed E-state index contributed by atoms with van der Waals surface area (Å²) in [6, 6.07) is 0. The molecule has 0 spiro atoms. The number of hydrogen-bond acceptors (Lipinski definition) is 7. The van der Waals surface area contributed by atoms with Crippen LogP contribution in [0.4, 0.5) is 0 Å². The highest BCUT2D eigenvalue weighted by Gasteiger charge is 2.14. The molecule has 0 heterocycles. The van der Waals surface area contributed by atoms with Crippen molar-refractivity contribution in [2.45, 2.75) is 213 Å². The van der Waals surface area contributed by atoms with Crippen LogP contribution in [0.5, 0.6) is 0 Å². The van der Waals surface area contributed by atoms with Gasteiger partial charge in [-0.15, -0.1) is 0 Å². The molecule has 0 saturated heterocycles. The van der Waals surface area contributed by atoms with Crippen LogP contribution in [0, 0.1) is 0 Å². The number of nitrogens with zero attached hydrogens (tertiary/aromatic N) is 1. The summed E-state index contributed by atoms with van der Waals surface area (Å²) in [5, 5.41) is 18.4. The standard InChI is InChI=1S/C47H91NO6/c1-3-5-7-9-11-13-15-17-19-21-23-25-27-29-31-33-42-52-44-46(45-54-47(51)36-35-37-48(38-40-49)39-41-50)53-43-34-32-30-28-26-24-22-20-18-16-14-12-10-8-6-4-2/h17-20,46,49-50H,3-16,21-45H2,1-2H3. The summed E-state index contributed by atoms with van der Waals surface area (Å²) in [5.74, 6) is -0.234. The number of aliphatic hydroxyl groups excluding tert-OH is 2. The molecular formula is C47H91NO6. The van der Waals surface area contributed by atoms with Crippen LogP contribution >= 0.6 is 0 Å². The first-order valence-electron chi connectivity index (χ1n) is 23.3. The molecule has 0 aliphatic heterocycles. The normalized spacial score (nSPS) is 12.5. The summed E-state index contributed by atoms with van der Waals surface area (Å²) in [6.45, 7) is 8.32. The van der Waals surface area contributed by atoms with Crippen LogP contribution in [0.3, 0.4) is 0 Å². The fourth-order valence-electron chi connectivity index (χ4n) is 6.73. The van der Waals surface area contributed by atoms with Crippen molar-refractivity contribution in [1.82, 2.24) is 4.90 Å². The molecule has 320 valence electrons. The van der Waals surface area contributed by atoms with Gasteiger partial charge < -0.3 is 24.4 Å². The zero-order valence-electron chi connectivity index (χ0n) is 35.9. The van der Waals surface area contributed by atoms with Gasteiger partial charge in [0.1, 0.15) is 12.7 Å². The van der Waals surface area contributed by atoms with Crippen molar-refractivity contribution in [2.24, 2.45) is 0 Å². The van der Waals surface area contributed by atoms with Crippen molar-refractivity contribution < 1.29 is 29.2 Å². The third-order valence-electron chi connectivity index (χ3n) is 10.2. The molecule has 0 fully saturated rings. The van der Waals surface area contributed by atoms with Gasteiger partial charge in [-0.05, 0) is 77.2 Å². The maximum absolute atomic E-state index is 12.5. The van der Waals surface area contributed by atoms with Crippen molar-refractivity contribution in [3.05, 3.63) is 24.3 Å². The summed E-state index contributed by atoms with van der Waals surface area (Å²) in [6.07, 6.45) is 46.3. The molecular weight excluding hydrogens is 675 g/mol. The van der Waals surface area contributed by atoms with E-state index in [0.29, 0.717) is 45.7 Å². The van der Waals surface area contributed by atoms with E-state index in [2.05, 4.69) is 38.2 Å². The largest absolute Gasteiger partial charge is 0.463 e. The minimum absolute atomic E-state index is 0.0394. The molecule has 0 amide bonds. The zero-order chi connectivity index (χ0) is 39.3. The van der Waals surface area contributed by atoms with Gasteiger partial charge in [0.2, 0.25) is 0 Å². The first-order chi connectivity index (χ1) is 26.7. The number of unbranched alkanes of at least 4 members (excludes halogenated alkanes) is 24. The lowest BCUT2D eigenvalue weighted by Gasteiger charge is -2.20. The predicted octanol–water partition coefficient (Wildman–Crippen LogP) is 12.1. The topological polar surface area (TPSA) is 88.5 Å². The van der Waals surface area contributed by atoms with Crippen LogP contribution in [-0.2, 0) is 19.0 Å². The Hall–Kier alpha value is -1.25. The minimum atomic E-state index is -0.244. The number of ether oxygens (including phenoxy) is 3. The molecule has 0 aromatic heterocycles. The number of carbonyl (C=O) groups is 1. The molecule has 0 saturated carbocycles. The van der Waals surface area contributed by atoms with Crippen LogP contribution in [0.2, 0.25) is 0 Å². The summed E-state index contributed by atoms with van der Waals surface area (Å²) in [7, 11) is 0. The van der Waals surface area contributed by atoms with E-state index in [0.717, 1.165) is 25.9 Å². The Morgan fingerprint density at radius 2 is 0.907 bits per heavy atom. The molecule has 54 heavy (non-hydrogen) atoms. The molecule has 2 N–H and O–H groups in total. The first kappa shape index (κ1) is 52.8. The second kappa shape index (κ2) is 46.1. The number of carbonyl (C=O) groups excluding carboxylic acids is 1. The average Bonchev–Trinajstić information content (AvgIpc) is 3.17. The fraction of sp³-hybridized carbons (Fsp3) is 0.894. The second-order valence-electron chi connectivity index (χ2n) is 15.5. The number of rotatable bonds is 45. The van der Waals surface area contributed by atoms with Gasteiger partial charge in [0.15, 0.2) is 0 Å². The maximum atomic E-state index is 12.5. The molecule has 0 aromatic carbocycles. The molecule has 1 unspecified atom stereocenters. The van der Waals surface area contributed by atoms with E-state index in [1.54, 1.807) is 0 Å². The van der Waals surface area contributed by atoms with Crippen LogP contribution in [0.15, 0.2) is 24.3 Å². The molecule has 7 nitrogen and oxygen atoms in total. The molecule has 1 atom stereocenters. The van der Waals surface area contributed by atoms with Gasteiger partial charge in [-0.3, -0.25) is 9.69 Å². The van der Waals surface area contributed by atoms with E-state index in [9.17, 15) is 15.0 Å². The zero-order valence-corrected chi connectivity index (χ0v) is 35.9. The minimum Gasteiger partial charge on any atom is -0.463 e. The summed E-state index contributed by atoms with van der Waals surface area (Å²) < 4.78 is 17.8. The lowest BCUT2D eigenvalue weighted by atomic mass is 10.1. The van der Waals surface area contributed by atoms with Gasteiger partial charge in [0.25, 0.3) is 0 Å². The van der Waals surface area contributed by atoms with E-state index < -0.39 is 0 Å². The number of aliphatic hydroxyl groups is 2. The molecule has 0 aliphatic rings. The molecule has 0 aromatic rings.